The van der Waals surface area contributed by atoms with Crippen LogP contribution in [0.2, 0.25) is 0 Å². The summed E-state index contributed by atoms with van der Waals surface area (Å²) in [5.74, 6) is -1.12. The van der Waals surface area contributed by atoms with Crippen LogP contribution in [0.15, 0.2) is 0 Å². The van der Waals surface area contributed by atoms with Crippen molar-refractivity contribution >= 4 is 11.9 Å². The van der Waals surface area contributed by atoms with E-state index < -0.39 is 11.5 Å². The van der Waals surface area contributed by atoms with Gasteiger partial charge in [-0.2, -0.15) is 0 Å². The van der Waals surface area contributed by atoms with Gasteiger partial charge in [-0.3, -0.25) is 4.79 Å². The third-order valence-corrected chi connectivity index (χ3v) is 3.68. The van der Waals surface area contributed by atoms with E-state index in [2.05, 4.69) is 5.32 Å². The number of rotatable bonds is 3. The highest BCUT2D eigenvalue weighted by molar-refractivity contribution is 5.86. The number of nitrogens with one attached hydrogen (secondary N) is 1. The summed E-state index contributed by atoms with van der Waals surface area (Å²) in [6.45, 7) is 4.67. The van der Waals surface area contributed by atoms with Gasteiger partial charge in [0.2, 0.25) is 5.91 Å². The van der Waals surface area contributed by atoms with Gasteiger partial charge in [-0.15, -0.1) is 0 Å². The van der Waals surface area contributed by atoms with Gasteiger partial charge in [0.15, 0.2) is 0 Å². The van der Waals surface area contributed by atoms with Crippen LogP contribution in [0.4, 0.5) is 0 Å². The van der Waals surface area contributed by atoms with Gasteiger partial charge in [-0.25, -0.2) is 4.79 Å². The number of piperidine rings is 1. The number of carbonyl (C=O) groups excluding carboxylic acids is 1. The normalized spacial score (nSPS) is 29.8. The van der Waals surface area contributed by atoms with Gasteiger partial charge < -0.3 is 15.3 Å². The summed E-state index contributed by atoms with van der Waals surface area (Å²) < 4.78 is 0. The largest absolute Gasteiger partial charge is 0.479 e. The smallest absolute Gasteiger partial charge is 0.330 e. The Labute approximate surface area is 95.8 Å². The Kier molecular flexibility index (Phi) is 3.91. The zero-order valence-electron chi connectivity index (χ0n) is 10.1. The molecule has 1 aliphatic heterocycles. The molecule has 1 aliphatic rings. The molecule has 92 valence electrons. The first kappa shape index (κ1) is 13.0. The third kappa shape index (κ3) is 1.91. The van der Waals surface area contributed by atoms with Crippen LogP contribution >= 0.6 is 0 Å². The molecule has 16 heavy (non-hydrogen) atoms. The van der Waals surface area contributed by atoms with Gasteiger partial charge in [-0.1, -0.05) is 6.92 Å². The summed E-state index contributed by atoms with van der Waals surface area (Å²) in [5.41, 5.74) is -1.04. The highest BCUT2D eigenvalue weighted by Crippen LogP contribution is 2.33. The molecule has 5 heteroatoms. The fourth-order valence-electron chi connectivity index (χ4n) is 2.56. The predicted octanol–water partition coefficient (Wildman–Crippen LogP) is 0.308. The maximum Gasteiger partial charge on any atom is 0.330 e. The van der Waals surface area contributed by atoms with Crippen molar-refractivity contribution in [2.24, 2.45) is 5.92 Å². The molecule has 2 atom stereocenters. The Morgan fingerprint density at radius 2 is 2.19 bits per heavy atom. The van der Waals surface area contributed by atoms with Crippen molar-refractivity contribution in [2.75, 3.05) is 20.1 Å². The second kappa shape index (κ2) is 4.82. The lowest BCUT2D eigenvalue weighted by atomic mass is 9.75. The van der Waals surface area contributed by atoms with Crippen LogP contribution in [-0.4, -0.2) is 47.6 Å². The van der Waals surface area contributed by atoms with Crippen LogP contribution in [-0.2, 0) is 9.59 Å². The molecule has 0 spiro atoms. The second-order valence-electron chi connectivity index (χ2n) is 4.37. The van der Waals surface area contributed by atoms with Crippen molar-refractivity contribution in [1.82, 2.24) is 10.2 Å². The fourth-order valence-corrected chi connectivity index (χ4v) is 2.56. The number of nitrogens with zero attached hydrogens (tertiary/aromatic N) is 1. The molecule has 1 heterocycles. The van der Waals surface area contributed by atoms with Gasteiger partial charge in [0.1, 0.15) is 5.54 Å². The molecule has 1 amide bonds. The molecule has 1 rings (SSSR count). The van der Waals surface area contributed by atoms with Gasteiger partial charge in [0, 0.05) is 26.4 Å². The van der Waals surface area contributed by atoms with Gasteiger partial charge >= 0.3 is 5.97 Å². The molecule has 0 bridgehead atoms. The van der Waals surface area contributed by atoms with Crippen molar-refractivity contribution in [3.63, 3.8) is 0 Å². The first-order valence-corrected chi connectivity index (χ1v) is 5.65. The van der Waals surface area contributed by atoms with E-state index in [0.717, 1.165) is 6.42 Å². The molecule has 0 aliphatic carbocycles. The van der Waals surface area contributed by atoms with Crippen LogP contribution in [0.3, 0.4) is 0 Å². The third-order valence-electron chi connectivity index (χ3n) is 3.68. The predicted molar refractivity (Wildman–Crippen MR) is 60.1 cm³/mol. The molecule has 0 radical (unpaired) electrons. The Morgan fingerprint density at radius 3 is 2.62 bits per heavy atom. The van der Waals surface area contributed by atoms with Crippen LogP contribution in [0.1, 0.15) is 26.7 Å². The maximum atomic E-state index is 11.6. The van der Waals surface area contributed by atoms with Crippen LogP contribution in [0.5, 0.6) is 0 Å². The van der Waals surface area contributed by atoms with Crippen LogP contribution < -0.4 is 5.32 Å². The minimum atomic E-state index is -1.04. The Hall–Kier alpha value is -1.10. The SMILES string of the molecule is CCC1CNCCC1(C(=O)O)N(C)C(C)=O. The van der Waals surface area contributed by atoms with E-state index >= 15 is 0 Å². The van der Waals surface area contributed by atoms with E-state index in [0.29, 0.717) is 19.5 Å². The fraction of sp³-hybridized carbons (Fsp3) is 0.818. The average molecular weight is 228 g/mol. The zero-order chi connectivity index (χ0) is 12.3. The molecular formula is C11H20N2O3. The van der Waals surface area contributed by atoms with Crippen molar-refractivity contribution < 1.29 is 14.7 Å². The van der Waals surface area contributed by atoms with Crippen molar-refractivity contribution in [1.29, 1.82) is 0 Å². The molecule has 0 aromatic rings. The highest BCUT2D eigenvalue weighted by Gasteiger charge is 2.50. The molecule has 2 N–H and O–H groups in total. The number of carbonyl (C=O) groups is 2. The minimum Gasteiger partial charge on any atom is -0.479 e. The summed E-state index contributed by atoms with van der Waals surface area (Å²) in [6, 6.07) is 0. The Morgan fingerprint density at radius 1 is 1.56 bits per heavy atom. The topological polar surface area (TPSA) is 69.6 Å². The molecule has 5 nitrogen and oxygen atoms in total. The van der Waals surface area contributed by atoms with Crippen LogP contribution in [0, 0.1) is 5.92 Å². The monoisotopic (exact) mass is 228 g/mol. The molecule has 0 aromatic carbocycles. The zero-order valence-corrected chi connectivity index (χ0v) is 10.1. The number of hydrogen-bond donors (Lipinski definition) is 2. The number of amides is 1. The summed E-state index contributed by atoms with van der Waals surface area (Å²) in [6.07, 6.45) is 1.22. The van der Waals surface area contributed by atoms with E-state index in [-0.39, 0.29) is 11.8 Å². The summed E-state index contributed by atoms with van der Waals surface area (Å²) in [7, 11) is 1.59. The first-order valence-electron chi connectivity index (χ1n) is 5.65. The summed E-state index contributed by atoms with van der Waals surface area (Å²) in [5, 5.41) is 12.7. The number of hydrogen-bond acceptors (Lipinski definition) is 3. The maximum absolute atomic E-state index is 11.6. The first-order chi connectivity index (χ1) is 7.46. The van der Waals surface area contributed by atoms with E-state index in [1.807, 2.05) is 6.92 Å². The number of aliphatic carboxylic acids is 1. The number of carboxylic acids is 1. The van der Waals surface area contributed by atoms with Gasteiger partial charge in [0.05, 0.1) is 0 Å². The number of carboxylic acid groups (broad SMARTS) is 1. The van der Waals surface area contributed by atoms with Crippen molar-refractivity contribution in [3.05, 3.63) is 0 Å². The molecular weight excluding hydrogens is 208 g/mol. The Bertz CT molecular complexity index is 293. The molecule has 0 saturated carbocycles. The van der Waals surface area contributed by atoms with Crippen molar-refractivity contribution in [2.45, 2.75) is 32.2 Å². The van der Waals surface area contributed by atoms with Crippen LogP contribution in [0.25, 0.3) is 0 Å². The summed E-state index contributed by atoms with van der Waals surface area (Å²) in [4.78, 5) is 24.4. The van der Waals surface area contributed by atoms with E-state index in [1.54, 1.807) is 7.05 Å². The van der Waals surface area contributed by atoms with Crippen molar-refractivity contribution in [3.8, 4) is 0 Å². The molecule has 2 unspecified atom stereocenters. The van der Waals surface area contributed by atoms with Gasteiger partial charge in [-0.05, 0) is 19.4 Å². The average Bonchev–Trinajstić information content (AvgIpc) is 2.27. The quantitative estimate of drug-likeness (QED) is 0.729. The van der Waals surface area contributed by atoms with E-state index in [9.17, 15) is 14.7 Å². The molecule has 0 aromatic heterocycles. The lowest BCUT2D eigenvalue weighted by Gasteiger charge is -2.46. The Balaban J connectivity index is 3.10. The molecule has 1 fully saturated rings. The summed E-state index contributed by atoms with van der Waals surface area (Å²) >= 11 is 0. The number of likely N-dealkylation sites (N-methyl/N-ethyl adjacent to an activating group) is 1. The lowest BCUT2D eigenvalue weighted by molar-refractivity contribution is -0.163. The lowest BCUT2D eigenvalue weighted by Crippen LogP contribution is -2.64. The standard InChI is InChI=1S/C11H20N2O3/c1-4-9-7-12-6-5-11(9,10(15)16)13(3)8(2)14/h9,12H,4-7H2,1-3H3,(H,15,16). The highest BCUT2D eigenvalue weighted by atomic mass is 16.4. The minimum absolute atomic E-state index is 0.0346. The van der Waals surface area contributed by atoms with E-state index in [1.165, 1.54) is 11.8 Å². The molecule has 1 saturated heterocycles. The van der Waals surface area contributed by atoms with E-state index in [4.69, 9.17) is 0 Å². The van der Waals surface area contributed by atoms with Gasteiger partial charge in [0.25, 0.3) is 0 Å². The second-order valence-corrected chi connectivity index (χ2v) is 4.37.